The Morgan fingerprint density at radius 2 is 1.44 bits per heavy atom. The number of H-pyrrole nitrogens is 2. The van der Waals surface area contributed by atoms with Crippen LogP contribution >= 0.6 is 0 Å². The summed E-state index contributed by atoms with van der Waals surface area (Å²) in [6, 6.07) is 13.1. The van der Waals surface area contributed by atoms with Crippen molar-refractivity contribution >= 4 is 5.91 Å². The number of aryl methyl sites for hydroxylation is 2. The molecule has 1 aliphatic carbocycles. The molecule has 0 spiro atoms. The van der Waals surface area contributed by atoms with Crippen molar-refractivity contribution < 1.29 is 4.79 Å². The first kappa shape index (κ1) is 19.0. The lowest BCUT2D eigenvalue weighted by Gasteiger charge is -2.46. The van der Waals surface area contributed by atoms with Gasteiger partial charge in [0, 0.05) is 12.6 Å². The van der Waals surface area contributed by atoms with Crippen LogP contribution in [0.1, 0.15) is 47.6 Å². The standard InChI is InChI=1S/C26H25N5O/c1-14-27-12-21(29-14)17-6-4-16(5-7-17)18-8-9-19(22-13-28-15(2)30-22)24-20-10-11-23(25(18)24)31(3)26(20)32/h4-9,12-13,20,23H,10-11H2,1-3H3,(H,27,29)(H,28,30). The molecule has 3 aliphatic rings. The Morgan fingerprint density at radius 3 is 2.09 bits per heavy atom. The molecule has 1 amide bonds. The van der Waals surface area contributed by atoms with Crippen molar-refractivity contribution in [3.05, 3.63) is 71.6 Å². The number of imidazole rings is 2. The molecule has 2 N–H and O–H groups in total. The van der Waals surface area contributed by atoms with Gasteiger partial charge in [0.2, 0.25) is 5.91 Å². The Balaban J connectivity index is 1.52. The van der Waals surface area contributed by atoms with Gasteiger partial charge in [0.1, 0.15) is 11.6 Å². The van der Waals surface area contributed by atoms with E-state index in [2.05, 4.69) is 56.3 Å². The highest BCUT2D eigenvalue weighted by Gasteiger charge is 2.45. The molecule has 7 rings (SSSR count). The number of carbonyl (C=O) groups is 1. The monoisotopic (exact) mass is 423 g/mol. The maximum Gasteiger partial charge on any atom is 0.230 e. The fourth-order valence-corrected chi connectivity index (χ4v) is 5.46. The number of benzene rings is 2. The minimum atomic E-state index is -0.0919. The van der Waals surface area contributed by atoms with Crippen molar-refractivity contribution in [2.45, 2.75) is 38.6 Å². The lowest BCUT2D eigenvalue weighted by atomic mass is 9.70. The molecule has 160 valence electrons. The molecule has 32 heavy (non-hydrogen) atoms. The molecule has 4 heterocycles. The quantitative estimate of drug-likeness (QED) is 0.479. The normalized spacial score (nSPS) is 19.5. The van der Waals surface area contributed by atoms with Gasteiger partial charge in [-0.3, -0.25) is 4.79 Å². The van der Waals surface area contributed by atoms with Gasteiger partial charge in [0.25, 0.3) is 0 Å². The predicted molar refractivity (Wildman–Crippen MR) is 124 cm³/mol. The van der Waals surface area contributed by atoms with Crippen molar-refractivity contribution in [1.82, 2.24) is 24.8 Å². The fourth-order valence-electron chi connectivity index (χ4n) is 5.46. The molecule has 4 aromatic rings. The summed E-state index contributed by atoms with van der Waals surface area (Å²) in [5, 5.41) is 0. The predicted octanol–water partition coefficient (Wildman–Crippen LogP) is 5.14. The van der Waals surface area contributed by atoms with E-state index in [-0.39, 0.29) is 17.9 Å². The minimum absolute atomic E-state index is 0.0919. The van der Waals surface area contributed by atoms with Gasteiger partial charge in [-0.05, 0) is 54.5 Å². The maximum atomic E-state index is 13.1. The first-order chi connectivity index (χ1) is 15.5. The Labute approximate surface area is 186 Å². The molecule has 2 aromatic carbocycles. The van der Waals surface area contributed by atoms with Crippen LogP contribution in [0.25, 0.3) is 33.6 Å². The summed E-state index contributed by atoms with van der Waals surface area (Å²) in [6.07, 6.45) is 5.65. The number of likely N-dealkylation sites (N-methyl/N-ethyl adjacent to an activating group) is 1. The Bertz CT molecular complexity index is 1350. The number of piperidine rings is 1. The number of amides is 1. The van der Waals surface area contributed by atoms with Crippen LogP contribution < -0.4 is 0 Å². The van der Waals surface area contributed by atoms with E-state index in [0.717, 1.165) is 47.0 Å². The van der Waals surface area contributed by atoms with Crippen molar-refractivity contribution in [1.29, 1.82) is 0 Å². The molecule has 0 saturated carbocycles. The average molecular weight is 424 g/mol. The van der Waals surface area contributed by atoms with Gasteiger partial charge in [0.05, 0.1) is 35.7 Å². The topological polar surface area (TPSA) is 77.7 Å². The molecule has 2 aliphatic heterocycles. The van der Waals surface area contributed by atoms with E-state index in [1.165, 1.54) is 22.3 Å². The van der Waals surface area contributed by atoms with Crippen molar-refractivity contribution in [2.24, 2.45) is 0 Å². The van der Waals surface area contributed by atoms with Crippen LogP contribution in [-0.4, -0.2) is 37.8 Å². The summed E-state index contributed by atoms with van der Waals surface area (Å²) in [5.74, 6) is 1.93. The lowest BCUT2D eigenvalue weighted by molar-refractivity contribution is -0.138. The van der Waals surface area contributed by atoms with Crippen molar-refractivity contribution in [3.63, 3.8) is 0 Å². The fraction of sp³-hybridized carbons (Fsp3) is 0.269. The van der Waals surface area contributed by atoms with Gasteiger partial charge in [-0.2, -0.15) is 0 Å². The molecule has 2 atom stereocenters. The second kappa shape index (κ2) is 6.92. The molecule has 2 aromatic heterocycles. The van der Waals surface area contributed by atoms with Crippen LogP contribution in [0.4, 0.5) is 0 Å². The van der Waals surface area contributed by atoms with Gasteiger partial charge in [-0.25, -0.2) is 9.97 Å². The zero-order valence-corrected chi connectivity index (χ0v) is 18.4. The second-order valence-corrected chi connectivity index (χ2v) is 8.92. The number of hydrogen-bond acceptors (Lipinski definition) is 3. The van der Waals surface area contributed by atoms with Crippen LogP contribution in [0, 0.1) is 13.8 Å². The van der Waals surface area contributed by atoms with E-state index in [4.69, 9.17) is 0 Å². The first-order valence-corrected chi connectivity index (χ1v) is 11.1. The number of aromatic nitrogens is 4. The molecule has 6 heteroatoms. The Kier molecular flexibility index (Phi) is 4.12. The van der Waals surface area contributed by atoms with Crippen molar-refractivity contribution in [3.8, 4) is 33.6 Å². The summed E-state index contributed by atoms with van der Waals surface area (Å²) < 4.78 is 0. The van der Waals surface area contributed by atoms with Gasteiger partial charge >= 0.3 is 0 Å². The zero-order valence-electron chi connectivity index (χ0n) is 18.4. The maximum absolute atomic E-state index is 13.1. The first-order valence-electron chi connectivity index (χ1n) is 11.1. The molecule has 2 unspecified atom stereocenters. The number of hydrogen-bond donors (Lipinski definition) is 2. The van der Waals surface area contributed by atoms with Crippen LogP contribution in [-0.2, 0) is 4.79 Å². The summed E-state index contributed by atoms with van der Waals surface area (Å²) in [6.45, 7) is 3.91. The number of aromatic amines is 2. The number of carbonyl (C=O) groups excluding carboxylic acids is 1. The molecular weight excluding hydrogens is 398 g/mol. The number of rotatable bonds is 3. The summed E-state index contributed by atoms with van der Waals surface area (Å²) in [5.41, 5.74) is 9.07. The molecule has 1 saturated heterocycles. The SMILES string of the molecule is Cc1ncc(-c2ccc(-c3ccc(-c4cnc(C)[nH]4)c4c3C3CCC4C(=O)N3C)cc2)[nH]1. The minimum Gasteiger partial charge on any atom is -0.342 e. The van der Waals surface area contributed by atoms with E-state index >= 15 is 0 Å². The molecule has 0 radical (unpaired) electrons. The van der Waals surface area contributed by atoms with Crippen LogP contribution in [0.15, 0.2) is 48.8 Å². The third-order valence-electron chi connectivity index (χ3n) is 7.01. The highest BCUT2D eigenvalue weighted by Crippen LogP contribution is 2.53. The van der Waals surface area contributed by atoms with Gasteiger partial charge in [0.15, 0.2) is 0 Å². The highest BCUT2D eigenvalue weighted by atomic mass is 16.2. The van der Waals surface area contributed by atoms with E-state index in [1.54, 1.807) is 0 Å². The largest absolute Gasteiger partial charge is 0.342 e. The molecular formula is C26H25N5O. The van der Waals surface area contributed by atoms with Gasteiger partial charge in [-0.15, -0.1) is 0 Å². The van der Waals surface area contributed by atoms with E-state index in [9.17, 15) is 4.79 Å². The van der Waals surface area contributed by atoms with Crippen molar-refractivity contribution in [2.75, 3.05) is 7.05 Å². The van der Waals surface area contributed by atoms with Gasteiger partial charge < -0.3 is 14.9 Å². The van der Waals surface area contributed by atoms with E-state index in [0.29, 0.717) is 0 Å². The van der Waals surface area contributed by atoms with Crippen LogP contribution in [0.3, 0.4) is 0 Å². The number of nitrogens with zero attached hydrogens (tertiary/aromatic N) is 3. The number of nitrogens with one attached hydrogen (secondary N) is 2. The van der Waals surface area contributed by atoms with E-state index < -0.39 is 0 Å². The third kappa shape index (κ3) is 2.75. The summed E-state index contributed by atoms with van der Waals surface area (Å²) >= 11 is 0. The zero-order chi connectivity index (χ0) is 22.0. The molecule has 6 nitrogen and oxygen atoms in total. The van der Waals surface area contributed by atoms with Crippen LogP contribution in [0.2, 0.25) is 0 Å². The molecule has 2 bridgehead atoms. The molecule has 1 fully saturated rings. The highest BCUT2D eigenvalue weighted by molar-refractivity contribution is 5.93. The lowest BCUT2D eigenvalue weighted by Crippen LogP contribution is -2.45. The number of fused-ring (bicyclic) bond motifs is 2. The second-order valence-electron chi connectivity index (χ2n) is 8.92. The van der Waals surface area contributed by atoms with Gasteiger partial charge in [-0.1, -0.05) is 36.4 Å². The van der Waals surface area contributed by atoms with E-state index in [1.807, 2.05) is 38.2 Å². The summed E-state index contributed by atoms with van der Waals surface area (Å²) in [4.78, 5) is 30.4. The Hall–Kier alpha value is -3.67. The summed E-state index contributed by atoms with van der Waals surface area (Å²) in [7, 11) is 1.95. The Morgan fingerprint density at radius 1 is 0.812 bits per heavy atom. The third-order valence-corrected chi connectivity index (χ3v) is 7.01. The smallest absolute Gasteiger partial charge is 0.230 e. The van der Waals surface area contributed by atoms with Crippen LogP contribution in [0.5, 0.6) is 0 Å². The average Bonchev–Trinajstić information content (AvgIpc) is 3.44.